The number of nitrogens with two attached hydrogens (primary N) is 1. The molecule has 0 bridgehead atoms. The molecule has 2 atom stereocenters. The van der Waals surface area contributed by atoms with Crippen LogP contribution in [0.5, 0.6) is 23.0 Å². The zero-order valence-electron chi connectivity index (χ0n) is 25.0. The quantitative estimate of drug-likeness (QED) is 0.146. The Balaban J connectivity index is 1.71. The van der Waals surface area contributed by atoms with Gasteiger partial charge in [0, 0.05) is 12.1 Å². The van der Waals surface area contributed by atoms with Gasteiger partial charge in [0.1, 0.15) is 23.0 Å². The van der Waals surface area contributed by atoms with Crippen molar-refractivity contribution in [1.29, 1.82) is 0 Å². The molecule has 1 heterocycles. The van der Waals surface area contributed by atoms with Gasteiger partial charge in [-0.3, -0.25) is 0 Å². The minimum absolute atomic E-state index is 0.0501. The maximum atomic E-state index is 12.2. The highest BCUT2D eigenvalue weighted by atomic mass is 16.6. The fourth-order valence-corrected chi connectivity index (χ4v) is 3.97. The van der Waals surface area contributed by atoms with E-state index in [0.717, 1.165) is 38.5 Å². The van der Waals surface area contributed by atoms with E-state index in [0.29, 0.717) is 13.2 Å². The molecule has 3 aromatic rings. The number of benzene rings is 2. The Morgan fingerprint density at radius 3 is 1.51 bits per heavy atom. The van der Waals surface area contributed by atoms with Crippen LogP contribution < -0.4 is 15.2 Å². The molecule has 0 saturated heterocycles. The molecule has 232 valence electrons. The largest absolute Gasteiger partial charge is 0.507 e. The first-order valence-corrected chi connectivity index (χ1v) is 14.5. The van der Waals surface area contributed by atoms with Gasteiger partial charge in [-0.15, -0.1) is 0 Å². The smallest absolute Gasteiger partial charge is 0.347 e. The van der Waals surface area contributed by atoms with Crippen LogP contribution in [0.4, 0.5) is 5.95 Å². The van der Waals surface area contributed by atoms with Gasteiger partial charge in [-0.2, -0.15) is 9.97 Å². The Morgan fingerprint density at radius 1 is 0.721 bits per heavy atom. The van der Waals surface area contributed by atoms with Crippen molar-refractivity contribution in [2.75, 3.05) is 18.9 Å². The molecule has 12 nitrogen and oxygen atoms in total. The molecule has 0 amide bonds. The second-order valence-electron chi connectivity index (χ2n) is 9.97. The van der Waals surface area contributed by atoms with E-state index < -0.39 is 24.1 Å². The van der Waals surface area contributed by atoms with Crippen molar-refractivity contribution in [3.8, 4) is 45.8 Å². The zero-order chi connectivity index (χ0) is 31.4. The number of carbonyl (C=O) groups is 2. The van der Waals surface area contributed by atoms with Crippen LogP contribution >= 0.6 is 0 Å². The molecular formula is C31H40N4O8. The first-order valence-electron chi connectivity index (χ1n) is 14.5. The summed E-state index contributed by atoms with van der Waals surface area (Å²) in [6.07, 6.45) is 3.79. The van der Waals surface area contributed by atoms with E-state index in [4.69, 9.17) is 24.7 Å². The van der Waals surface area contributed by atoms with Gasteiger partial charge in [0.15, 0.2) is 23.9 Å². The van der Waals surface area contributed by atoms with E-state index in [9.17, 15) is 19.8 Å². The number of aromatic nitrogens is 3. The summed E-state index contributed by atoms with van der Waals surface area (Å²) < 4.78 is 21.7. The summed E-state index contributed by atoms with van der Waals surface area (Å²) in [5.41, 5.74) is 6.38. The lowest BCUT2D eigenvalue weighted by Crippen LogP contribution is -2.26. The Bertz CT molecular complexity index is 1280. The van der Waals surface area contributed by atoms with Gasteiger partial charge >= 0.3 is 11.9 Å². The van der Waals surface area contributed by atoms with E-state index in [1.165, 1.54) is 24.3 Å². The van der Waals surface area contributed by atoms with E-state index >= 15 is 0 Å². The van der Waals surface area contributed by atoms with Crippen molar-refractivity contribution in [2.45, 2.75) is 78.4 Å². The number of nitrogen functional groups attached to an aromatic ring is 1. The van der Waals surface area contributed by atoms with Crippen molar-refractivity contribution < 1.29 is 38.7 Å². The number of hydrogen-bond donors (Lipinski definition) is 3. The summed E-state index contributed by atoms with van der Waals surface area (Å²) >= 11 is 0. The number of unbranched alkanes of at least 4 members (excludes halogenated alkanes) is 4. The number of carbonyl (C=O) groups excluding carboxylic acids is 2. The second kappa shape index (κ2) is 16.1. The number of ether oxygens (including phenoxy) is 4. The summed E-state index contributed by atoms with van der Waals surface area (Å²) in [5, 5.41) is 21.4. The van der Waals surface area contributed by atoms with Gasteiger partial charge in [-0.05, 0) is 51.0 Å². The molecule has 12 heteroatoms. The number of esters is 2. The molecule has 0 spiro atoms. The number of aromatic hydroxyl groups is 2. The van der Waals surface area contributed by atoms with Gasteiger partial charge in [0.05, 0.1) is 24.3 Å². The van der Waals surface area contributed by atoms with Gasteiger partial charge in [-0.1, -0.05) is 39.5 Å². The first-order chi connectivity index (χ1) is 20.6. The minimum Gasteiger partial charge on any atom is -0.507 e. The van der Waals surface area contributed by atoms with Crippen LogP contribution in [0.3, 0.4) is 0 Å². The number of phenols is 2. The summed E-state index contributed by atoms with van der Waals surface area (Å²) in [6.45, 7) is 7.90. The van der Waals surface area contributed by atoms with Crippen molar-refractivity contribution >= 4 is 17.9 Å². The molecule has 3 rings (SSSR count). The van der Waals surface area contributed by atoms with Gasteiger partial charge in [0.25, 0.3) is 0 Å². The van der Waals surface area contributed by atoms with Gasteiger partial charge in [0.2, 0.25) is 5.95 Å². The van der Waals surface area contributed by atoms with Crippen molar-refractivity contribution in [2.24, 2.45) is 0 Å². The second-order valence-corrected chi connectivity index (χ2v) is 9.97. The topological polar surface area (TPSA) is 176 Å². The molecule has 0 radical (unpaired) electrons. The molecule has 1 aromatic heterocycles. The van der Waals surface area contributed by atoms with Crippen LogP contribution in [0.15, 0.2) is 36.4 Å². The average molecular weight is 597 g/mol. The SMILES string of the molecule is CCCCCOC(=O)C(C)Oc1ccc(-c2nc(N)nc(-c3ccc(OC(C)C(=O)OCCCCC)cc3O)n2)c(O)c1. The third-order valence-electron chi connectivity index (χ3n) is 6.35. The van der Waals surface area contributed by atoms with Gasteiger partial charge < -0.3 is 34.9 Å². The third kappa shape index (κ3) is 9.73. The zero-order valence-corrected chi connectivity index (χ0v) is 25.0. The Hall–Kier alpha value is -4.61. The maximum absolute atomic E-state index is 12.2. The predicted molar refractivity (Wildman–Crippen MR) is 160 cm³/mol. The third-order valence-corrected chi connectivity index (χ3v) is 6.35. The summed E-state index contributed by atoms with van der Waals surface area (Å²) in [7, 11) is 0. The van der Waals surface area contributed by atoms with Crippen LogP contribution in [-0.2, 0) is 19.1 Å². The molecule has 0 aliphatic heterocycles. The summed E-state index contributed by atoms with van der Waals surface area (Å²) in [6, 6.07) is 8.79. The van der Waals surface area contributed by atoms with Gasteiger partial charge in [-0.25, -0.2) is 14.6 Å². The molecule has 0 saturated carbocycles. The van der Waals surface area contributed by atoms with Crippen LogP contribution in [0.2, 0.25) is 0 Å². The summed E-state index contributed by atoms with van der Waals surface area (Å²) in [4.78, 5) is 37.0. The van der Waals surface area contributed by atoms with E-state index in [2.05, 4.69) is 28.8 Å². The first kappa shape index (κ1) is 32.9. The lowest BCUT2D eigenvalue weighted by molar-refractivity contribution is -0.152. The molecule has 0 aliphatic carbocycles. The minimum atomic E-state index is -0.874. The average Bonchev–Trinajstić information content (AvgIpc) is 2.97. The maximum Gasteiger partial charge on any atom is 0.347 e. The Morgan fingerprint density at radius 2 is 1.14 bits per heavy atom. The highest BCUT2D eigenvalue weighted by molar-refractivity contribution is 5.76. The number of anilines is 1. The number of hydrogen-bond acceptors (Lipinski definition) is 12. The lowest BCUT2D eigenvalue weighted by Gasteiger charge is -2.15. The standard InChI is InChI=1S/C31H40N4O8/c1-5-7-9-15-40-29(38)19(3)42-21-11-13-23(25(36)17-21)27-33-28(35-31(32)34-27)24-14-12-22(18-26(24)37)43-20(4)30(39)41-16-10-8-6-2/h11-14,17-20,36-37H,5-10,15-16H2,1-4H3,(H2,32,33,34,35). The molecule has 0 fully saturated rings. The highest BCUT2D eigenvalue weighted by Crippen LogP contribution is 2.35. The monoisotopic (exact) mass is 596 g/mol. The van der Waals surface area contributed by atoms with Crippen molar-refractivity contribution in [1.82, 2.24) is 15.0 Å². The van der Waals surface area contributed by atoms with Crippen molar-refractivity contribution in [3.05, 3.63) is 36.4 Å². The lowest BCUT2D eigenvalue weighted by atomic mass is 10.1. The Kier molecular flexibility index (Phi) is 12.3. The van der Waals surface area contributed by atoms with E-state index in [-0.39, 0.29) is 51.7 Å². The number of phenolic OH excluding ortho intramolecular Hbond substituents is 2. The molecule has 0 aliphatic rings. The van der Waals surface area contributed by atoms with Crippen LogP contribution in [0, 0.1) is 0 Å². The van der Waals surface area contributed by atoms with Crippen molar-refractivity contribution in [3.63, 3.8) is 0 Å². The van der Waals surface area contributed by atoms with Crippen LogP contribution in [-0.4, -0.2) is 62.5 Å². The predicted octanol–water partition coefficient (Wildman–Crippen LogP) is 5.20. The highest BCUT2D eigenvalue weighted by Gasteiger charge is 2.20. The normalized spacial score (nSPS) is 12.3. The fraction of sp³-hybridized carbons (Fsp3) is 0.452. The van der Waals surface area contributed by atoms with E-state index in [1.54, 1.807) is 26.0 Å². The fourth-order valence-electron chi connectivity index (χ4n) is 3.97. The Labute approximate surface area is 251 Å². The van der Waals surface area contributed by atoms with E-state index in [1.807, 2.05) is 0 Å². The molecule has 2 aromatic carbocycles. The summed E-state index contributed by atoms with van der Waals surface area (Å²) in [5.74, 6) is -0.989. The van der Waals surface area contributed by atoms with Crippen LogP contribution in [0.25, 0.3) is 22.8 Å². The molecule has 2 unspecified atom stereocenters. The number of nitrogens with zero attached hydrogens (tertiary/aromatic N) is 3. The number of rotatable bonds is 16. The molecular weight excluding hydrogens is 556 g/mol. The molecule has 43 heavy (non-hydrogen) atoms. The van der Waals surface area contributed by atoms with Crippen LogP contribution in [0.1, 0.15) is 66.2 Å². The molecule has 4 N–H and O–H groups in total.